The summed E-state index contributed by atoms with van der Waals surface area (Å²) in [4.78, 5) is 18.6. The quantitative estimate of drug-likeness (QED) is 0.739. The molecule has 0 unspecified atom stereocenters. The van der Waals surface area contributed by atoms with Gasteiger partial charge in [-0.25, -0.2) is 4.79 Å². The molecule has 0 aliphatic heterocycles. The van der Waals surface area contributed by atoms with Gasteiger partial charge in [0.15, 0.2) is 0 Å². The number of hydrogen-bond donors (Lipinski definition) is 2. The topological polar surface area (TPSA) is 103 Å². The van der Waals surface area contributed by atoms with Gasteiger partial charge < -0.3 is 15.2 Å². The average Bonchev–Trinajstić information content (AvgIpc) is 3.06. The zero-order valence-corrected chi connectivity index (χ0v) is 10.8. The fourth-order valence-corrected chi connectivity index (χ4v) is 2.02. The van der Waals surface area contributed by atoms with Crippen molar-refractivity contribution in [2.75, 3.05) is 0 Å². The summed E-state index contributed by atoms with van der Waals surface area (Å²) in [7, 11) is 0. The lowest BCUT2D eigenvalue weighted by Crippen LogP contribution is -2.15. The molecule has 0 saturated heterocycles. The van der Waals surface area contributed by atoms with Crippen LogP contribution in [-0.2, 0) is 6.54 Å². The summed E-state index contributed by atoms with van der Waals surface area (Å²) in [6, 6.07) is 7.35. The number of benzene rings is 1. The largest absolute Gasteiger partial charge is 0.338 e. The highest BCUT2D eigenvalue weighted by Crippen LogP contribution is 2.19. The molecule has 7 nitrogen and oxygen atoms in total. The lowest BCUT2D eigenvalue weighted by molar-refractivity contribution is 0.380. The van der Waals surface area contributed by atoms with E-state index in [0.29, 0.717) is 11.7 Å². The van der Waals surface area contributed by atoms with Crippen LogP contribution in [0.5, 0.6) is 0 Å². The second-order valence-corrected chi connectivity index (χ2v) is 4.34. The van der Waals surface area contributed by atoms with Crippen molar-refractivity contribution in [2.24, 2.45) is 5.73 Å². The summed E-state index contributed by atoms with van der Waals surface area (Å²) in [5.74, 6) is 0.828. The maximum absolute atomic E-state index is 11.8. The fourth-order valence-electron chi connectivity index (χ4n) is 2.02. The van der Waals surface area contributed by atoms with Crippen LogP contribution in [0, 0.1) is 6.92 Å². The van der Waals surface area contributed by atoms with Gasteiger partial charge in [0.2, 0.25) is 11.7 Å². The molecule has 2 aromatic heterocycles. The third-order valence-corrected chi connectivity index (χ3v) is 2.97. The van der Waals surface area contributed by atoms with Crippen LogP contribution >= 0.6 is 0 Å². The van der Waals surface area contributed by atoms with Crippen molar-refractivity contribution in [3.63, 3.8) is 0 Å². The molecule has 2 heterocycles. The highest BCUT2D eigenvalue weighted by molar-refractivity contribution is 5.58. The van der Waals surface area contributed by atoms with E-state index >= 15 is 0 Å². The summed E-state index contributed by atoms with van der Waals surface area (Å²) in [5.41, 5.74) is 7.58. The summed E-state index contributed by atoms with van der Waals surface area (Å²) in [6.07, 6.45) is 1.66. The zero-order valence-electron chi connectivity index (χ0n) is 10.8. The molecular weight excluding hydrogens is 258 g/mol. The van der Waals surface area contributed by atoms with Crippen LogP contribution in [0.25, 0.3) is 17.1 Å². The van der Waals surface area contributed by atoms with E-state index in [1.165, 1.54) is 0 Å². The first-order valence-electron chi connectivity index (χ1n) is 6.09. The molecular formula is C13H13N5O2. The van der Waals surface area contributed by atoms with E-state index < -0.39 is 0 Å². The molecule has 0 amide bonds. The third kappa shape index (κ3) is 2.04. The molecule has 0 spiro atoms. The normalized spacial score (nSPS) is 10.9. The van der Waals surface area contributed by atoms with Gasteiger partial charge in [0.1, 0.15) is 0 Å². The highest BCUT2D eigenvalue weighted by Gasteiger charge is 2.10. The number of aromatic nitrogens is 4. The van der Waals surface area contributed by atoms with Crippen LogP contribution < -0.4 is 11.4 Å². The smallest absolute Gasteiger partial charge is 0.330 e. The Hall–Kier alpha value is -2.67. The van der Waals surface area contributed by atoms with E-state index in [9.17, 15) is 4.79 Å². The number of nitrogens with zero attached hydrogens (tertiary/aromatic N) is 3. The molecule has 3 rings (SSSR count). The molecule has 0 atom stereocenters. The second kappa shape index (κ2) is 4.78. The Morgan fingerprint density at radius 3 is 2.95 bits per heavy atom. The number of hydrogen-bond acceptors (Lipinski definition) is 5. The van der Waals surface area contributed by atoms with Crippen molar-refractivity contribution in [1.29, 1.82) is 0 Å². The number of aryl methyl sites for hydroxylation is 1. The van der Waals surface area contributed by atoms with Gasteiger partial charge in [-0.3, -0.25) is 4.57 Å². The Labute approximate surface area is 114 Å². The van der Waals surface area contributed by atoms with Crippen molar-refractivity contribution in [3.05, 3.63) is 52.5 Å². The molecule has 3 aromatic rings. The van der Waals surface area contributed by atoms with Gasteiger partial charge in [-0.1, -0.05) is 17.3 Å². The molecule has 102 valence electrons. The van der Waals surface area contributed by atoms with E-state index in [1.807, 2.05) is 31.2 Å². The van der Waals surface area contributed by atoms with Crippen molar-refractivity contribution in [1.82, 2.24) is 19.7 Å². The first kappa shape index (κ1) is 12.4. The van der Waals surface area contributed by atoms with Gasteiger partial charge in [0.25, 0.3) is 0 Å². The molecule has 0 aliphatic rings. The second-order valence-electron chi connectivity index (χ2n) is 4.34. The van der Waals surface area contributed by atoms with Crippen LogP contribution in [0.4, 0.5) is 0 Å². The molecule has 0 radical (unpaired) electrons. The molecule has 3 N–H and O–H groups in total. The van der Waals surface area contributed by atoms with Crippen molar-refractivity contribution < 1.29 is 4.52 Å². The minimum Gasteiger partial charge on any atom is -0.338 e. The summed E-state index contributed by atoms with van der Waals surface area (Å²) >= 11 is 0. The van der Waals surface area contributed by atoms with Crippen LogP contribution in [0.1, 0.15) is 11.6 Å². The number of H-pyrrole nitrogens is 1. The Kier molecular flexibility index (Phi) is 2.96. The number of aromatic amines is 1. The summed E-state index contributed by atoms with van der Waals surface area (Å²) in [5, 5.41) is 3.86. The molecule has 20 heavy (non-hydrogen) atoms. The van der Waals surface area contributed by atoms with Crippen LogP contribution in [0.3, 0.4) is 0 Å². The molecule has 0 fully saturated rings. The van der Waals surface area contributed by atoms with Gasteiger partial charge in [-0.2, -0.15) is 4.98 Å². The Morgan fingerprint density at radius 2 is 2.30 bits per heavy atom. The zero-order chi connectivity index (χ0) is 14.1. The molecule has 0 saturated carbocycles. The monoisotopic (exact) mass is 271 g/mol. The molecule has 0 bridgehead atoms. The minimum absolute atomic E-state index is 0.185. The van der Waals surface area contributed by atoms with Gasteiger partial charge in [-0.15, -0.1) is 0 Å². The SMILES string of the molecule is Cc1c[nH]c(=O)n1-c1cccc(-c2noc(CN)n2)c1. The van der Waals surface area contributed by atoms with Crippen molar-refractivity contribution in [3.8, 4) is 17.1 Å². The first-order chi connectivity index (χ1) is 9.69. The van der Waals surface area contributed by atoms with E-state index in [2.05, 4.69) is 15.1 Å². The number of nitrogens with two attached hydrogens (primary N) is 1. The number of rotatable bonds is 3. The average molecular weight is 271 g/mol. The van der Waals surface area contributed by atoms with E-state index in [4.69, 9.17) is 10.3 Å². The Bertz CT molecular complexity index is 799. The third-order valence-electron chi connectivity index (χ3n) is 2.97. The maximum atomic E-state index is 11.8. The molecule has 7 heteroatoms. The van der Waals surface area contributed by atoms with E-state index in [1.54, 1.807) is 10.8 Å². The molecule has 0 aliphatic carbocycles. The number of nitrogens with one attached hydrogen (secondary N) is 1. The van der Waals surface area contributed by atoms with Gasteiger partial charge >= 0.3 is 5.69 Å². The minimum atomic E-state index is -0.185. The predicted octanol–water partition coefficient (Wildman–Crippen LogP) is 0.983. The number of imidazole rings is 1. The van der Waals surface area contributed by atoms with Gasteiger partial charge in [0, 0.05) is 17.5 Å². The van der Waals surface area contributed by atoms with Crippen molar-refractivity contribution in [2.45, 2.75) is 13.5 Å². The van der Waals surface area contributed by atoms with Gasteiger partial charge in [-0.05, 0) is 19.1 Å². The first-order valence-corrected chi connectivity index (χ1v) is 6.09. The Morgan fingerprint density at radius 1 is 1.45 bits per heavy atom. The van der Waals surface area contributed by atoms with E-state index in [-0.39, 0.29) is 12.2 Å². The van der Waals surface area contributed by atoms with Crippen LogP contribution in [-0.4, -0.2) is 19.7 Å². The highest BCUT2D eigenvalue weighted by atomic mass is 16.5. The van der Waals surface area contributed by atoms with Crippen molar-refractivity contribution >= 4 is 0 Å². The summed E-state index contributed by atoms with van der Waals surface area (Å²) in [6.45, 7) is 2.05. The van der Waals surface area contributed by atoms with E-state index in [0.717, 1.165) is 16.9 Å². The lowest BCUT2D eigenvalue weighted by atomic mass is 10.2. The standard InChI is InChI=1S/C13H13N5O2/c1-8-7-15-13(19)18(8)10-4-2-3-9(5-10)12-16-11(6-14)20-17-12/h2-5,7H,6,14H2,1H3,(H,15,19). The Balaban J connectivity index is 2.08. The fraction of sp³-hybridized carbons (Fsp3) is 0.154. The summed E-state index contributed by atoms with van der Waals surface area (Å²) < 4.78 is 6.56. The lowest BCUT2D eigenvalue weighted by Gasteiger charge is -2.04. The van der Waals surface area contributed by atoms with Gasteiger partial charge in [0.05, 0.1) is 12.2 Å². The predicted molar refractivity (Wildman–Crippen MR) is 72.3 cm³/mol. The van der Waals surface area contributed by atoms with Crippen LogP contribution in [0.2, 0.25) is 0 Å². The maximum Gasteiger partial charge on any atom is 0.330 e. The molecule has 1 aromatic carbocycles. The van der Waals surface area contributed by atoms with Crippen LogP contribution in [0.15, 0.2) is 39.8 Å².